The molecule has 0 unspecified atom stereocenters. The van der Waals surface area contributed by atoms with Crippen LogP contribution < -0.4 is 4.90 Å². The molecule has 1 aliphatic rings. The van der Waals surface area contributed by atoms with E-state index < -0.39 is 4.92 Å². The summed E-state index contributed by atoms with van der Waals surface area (Å²) in [6.07, 6.45) is 4.82. The molecule has 0 radical (unpaired) electrons. The minimum absolute atomic E-state index is 0.0879. The number of nitrogens with zero attached hydrogens (tertiary/aromatic N) is 3. The summed E-state index contributed by atoms with van der Waals surface area (Å²) in [5.41, 5.74) is 0. The molecule has 3 heterocycles. The average Bonchev–Trinajstić information content (AvgIpc) is 3.17. The first-order valence-electron chi connectivity index (χ1n) is 5.65. The summed E-state index contributed by atoms with van der Waals surface area (Å²) in [4.78, 5) is 16.7. The third-order valence-electron chi connectivity index (χ3n) is 2.52. The molecule has 8 heteroatoms. The van der Waals surface area contributed by atoms with Crippen molar-refractivity contribution in [2.45, 2.75) is 0 Å². The molecule has 0 atom stereocenters. The highest BCUT2D eigenvalue weighted by Gasteiger charge is 2.16. The zero-order chi connectivity index (χ0) is 13.9. The van der Waals surface area contributed by atoms with E-state index in [-0.39, 0.29) is 5.00 Å². The number of ether oxygens (including phenoxy) is 1. The second kappa shape index (κ2) is 5.17. The summed E-state index contributed by atoms with van der Waals surface area (Å²) >= 11 is 1.06. The quantitative estimate of drug-likeness (QED) is 0.491. The standard InChI is InChI=1S/C12H9N3O4S/c16-15(17)12-4-3-9(20-12)6-13-10-7-14(8-19-10)11-2-1-5-18-11/h1-7H,8H2. The third kappa shape index (κ3) is 2.54. The Morgan fingerprint density at radius 1 is 1.45 bits per heavy atom. The van der Waals surface area contributed by atoms with Gasteiger partial charge in [-0.15, -0.1) is 0 Å². The Hall–Kier alpha value is -2.61. The molecule has 0 aromatic carbocycles. The normalized spacial score (nSPS) is 14.6. The molecular weight excluding hydrogens is 282 g/mol. The van der Waals surface area contributed by atoms with Gasteiger partial charge in [0.2, 0.25) is 11.8 Å². The minimum atomic E-state index is -0.425. The molecule has 0 saturated heterocycles. The van der Waals surface area contributed by atoms with Crippen LogP contribution in [-0.4, -0.2) is 17.9 Å². The Morgan fingerprint density at radius 2 is 2.35 bits per heavy atom. The Labute approximate surface area is 117 Å². The second-order valence-corrected chi connectivity index (χ2v) is 4.95. The highest BCUT2D eigenvalue weighted by atomic mass is 32.1. The van der Waals surface area contributed by atoms with Crippen molar-refractivity contribution in [2.75, 3.05) is 11.6 Å². The van der Waals surface area contributed by atoms with Gasteiger partial charge in [0.15, 0.2) is 6.73 Å². The lowest BCUT2D eigenvalue weighted by molar-refractivity contribution is -0.380. The zero-order valence-electron chi connectivity index (χ0n) is 10.1. The first kappa shape index (κ1) is 12.4. The summed E-state index contributed by atoms with van der Waals surface area (Å²) in [5, 5.41) is 10.7. The number of hydrogen-bond donors (Lipinski definition) is 0. The lowest BCUT2D eigenvalue weighted by Gasteiger charge is -2.07. The third-order valence-corrected chi connectivity index (χ3v) is 3.49. The van der Waals surface area contributed by atoms with Crippen molar-refractivity contribution < 1.29 is 14.1 Å². The summed E-state index contributed by atoms with van der Waals surface area (Å²) in [6.45, 7) is 0.324. The molecule has 2 aromatic heterocycles. The molecule has 1 aliphatic heterocycles. The Morgan fingerprint density at radius 3 is 3.05 bits per heavy atom. The van der Waals surface area contributed by atoms with Gasteiger partial charge in [-0.25, -0.2) is 4.99 Å². The first-order valence-corrected chi connectivity index (χ1v) is 6.47. The topological polar surface area (TPSA) is 81.1 Å². The van der Waals surface area contributed by atoms with Crippen LogP contribution in [0.5, 0.6) is 0 Å². The second-order valence-electron chi connectivity index (χ2n) is 3.85. The maximum absolute atomic E-state index is 10.6. The van der Waals surface area contributed by atoms with E-state index in [4.69, 9.17) is 9.15 Å². The zero-order valence-corrected chi connectivity index (χ0v) is 10.9. The predicted octanol–water partition coefficient (Wildman–Crippen LogP) is 2.96. The smallest absolute Gasteiger partial charge is 0.324 e. The van der Waals surface area contributed by atoms with Crippen LogP contribution in [0.1, 0.15) is 4.88 Å². The largest absolute Gasteiger partial charge is 0.455 e. The van der Waals surface area contributed by atoms with Gasteiger partial charge in [0.25, 0.3) is 0 Å². The number of rotatable bonds is 4. The molecule has 0 fully saturated rings. The van der Waals surface area contributed by atoms with Crippen molar-refractivity contribution in [2.24, 2.45) is 4.99 Å². The molecule has 2 aromatic rings. The van der Waals surface area contributed by atoms with Crippen molar-refractivity contribution in [3.63, 3.8) is 0 Å². The molecule has 0 saturated carbocycles. The first-order chi connectivity index (χ1) is 9.72. The van der Waals surface area contributed by atoms with Gasteiger partial charge >= 0.3 is 5.00 Å². The van der Waals surface area contributed by atoms with Crippen LogP contribution >= 0.6 is 11.3 Å². The molecule has 0 aliphatic carbocycles. The SMILES string of the molecule is O=[N+]([O-])c1ccc(C=NC2=CN(c3ccco3)CO2)s1. The van der Waals surface area contributed by atoms with E-state index in [2.05, 4.69) is 4.99 Å². The van der Waals surface area contributed by atoms with E-state index in [1.54, 1.807) is 29.5 Å². The van der Waals surface area contributed by atoms with Gasteiger partial charge in [-0.2, -0.15) is 0 Å². The maximum atomic E-state index is 10.6. The van der Waals surface area contributed by atoms with Gasteiger partial charge in [0, 0.05) is 18.3 Å². The lowest BCUT2D eigenvalue weighted by atomic mass is 10.5. The van der Waals surface area contributed by atoms with Crippen molar-refractivity contribution in [3.8, 4) is 0 Å². The molecular formula is C12H9N3O4S. The number of aliphatic imine (C=N–C) groups is 1. The fourth-order valence-corrected chi connectivity index (χ4v) is 2.31. The van der Waals surface area contributed by atoms with Gasteiger partial charge in [-0.05, 0) is 12.1 Å². The molecule has 102 valence electrons. The van der Waals surface area contributed by atoms with Crippen molar-refractivity contribution in [3.05, 3.63) is 57.6 Å². The van der Waals surface area contributed by atoms with E-state index in [0.29, 0.717) is 23.4 Å². The van der Waals surface area contributed by atoms with Crippen LogP contribution in [0.15, 0.2) is 52.0 Å². The Balaban J connectivity index is 1.70. The van der Waals surface area contributed by atoms with E-state index in [1.165, 1.54) is 12.3 Å². The van der Waals surface area contributed by atoms with Gasteiger partial charge in [0.1, 0.15) is 0 Å². The highest BCUT2D eigenvalue weighted by molar-refractivity contribution is 7.16. The van der Waals surface area contributed by atoms with Crippen LogP contribution in [0.4, 0.5) is 10.9 Å². The van der Waals surface area contributed by atoms with E-state index in [1.807, 2.05) is 6.07 Å². The van der Waals surface area contributed by atoms with E-state index in [9.17, 15) is 10.1 Å². The fourth-order valence-electron chi connectivity index (χ4n) is 1.61. The van der Waals surface area contributed by atoms with E-state index in [0.717, 1.165) is 11.3 Å². The van der Waals surface area contributed by atoms with Crippen molar-refractivity contribution in [1.82, 2.24) is 0 Å². The van der Waals surface area contributed by atoms with Crippen LogP contribution in [0.3, 0.4) is 0 Å². The van der Waals surface area contributed by atoms with Gasteiger partial charge in [-0.1, -0.05) is 11.3 Å². The molecule has 7 nitrogen and oxygen atoms in total. The molecule has 3 rings (SSSR count). The molecule has 0 amide bonds. The Kier molecular flexibility index (Phi) is 3.21. The van der Waals surface area contributed by atoms with Gasteiger partial charge < -0.3 is 9.15 Å². The fraction of sp³-hybridized carbons (Fsp3) is 0.0833. The van der Waals surface area contributed by atoms with E-state index >= 15 is 0 Å². The highest BCUT2D eigenvalue weighted by Crippen LogP contribution is 2.24. The van der Waals surface area contributed by atoms with Crippen LogP contribution in [0.2, 0.25) is 0 Å². The maximum Gasteiger partial charge on any atom is 0.324 e. The number of nitro groups is 1. The van der Waals surface area contributed by atoms with Crippen molar-refractivity contribution >= 4 is 28.4 Å². The average molecular weight is 291 g/mol. The summed E-state index contributed by atoms with van der Waals surface area (Å²) in [6, 6.07) is 6.70. The Bertz CT molecular complexity index is 675. The van der Waals surface area contributed by atoms with Crippen LogP contribution in [0.25, 0.3) is 0 Å². The lowest BCUT2D eigenvalue weighted by Crippen LogP contribution is -2.11. The number of furan rings is 1. The summed E-state index contributed by atoms with van der Waals surface area (Å²) in [7, 11) is 0. The molecule has 20 heavy (non-hydrogen) atoms. The van der Waals surface area contributed by atoms with Crippen LogP contribution in [0, 0.1) is 10.1 Å². The molecule has 0 bridgehead atoms. The number of anilines is 1. The molecule has 0 N–H and O–H groups in total. The van der Waals surface area contributed by atoms with Gasteiger partial charge in [-0.3, -0.25) is 15.0 Å². The molecule has 0 spiro atoms. The summed E-state index contributed by atoms with van der Waals surface area (Å²) < 4.78 is 10.6. The number of thiophene rings is 1. The van der Waals surface area contributed by atoms with Gasteiger partial charge in [0.05, 0.1) is 22.3 Å². The van der Waals surface area contributed by atoms with Crippen molar-refractivity contribution in [1.29, 1.82) is 0 Å². The predicted molar refractivity (Wildman–Crippen MR) is 73.8 cm³/mol. The minimum Gasteiger partial charge on any atom is -0.455 e. The summed E-state index contributed by atoms with van der Waals surface area (Å²) in [5.74, 6) is 1.10. The number of hydrogen-bond acceptors (Lipinski definition) is 7. The monoisotopic (exact) mass is 291 g/mol. The van der Waals surface area contributed by atoms with Crippen LogP contribution in [-0.2, 0) is 4.74 Å².